The monoisotopic (exact) mass is 349 g/mol. The van der Waals surface area contributed by atoms with Gasteiger partial charge in [-0.1, -0.05) is 31.9 Å². The van der Waals surface area contributed by atoms with E-state index in [-0.39, 0.29) is 23.7 Å². The van der Waals surface area contributed by atoms with Crippen molar-refractivity contribution in [2.24, 2.45) is 5.92 Å². The van der Waals surface area contributed by atoms with Gasteiger partial charge in [0.25, 0.3) is 0 Å². The zero-order valence-corrected chi connectivity index (χ0v) is 14.8. The molecule has 0 radical (unpaired) electrons. The average Bonchev–Trinajstić information content (AvgIpc) is 2.89. The van der Waals surface area contributed by atoms with Crippen molar-refractivity contribution >= 4 is 26.8 Å². The minimum absolute atomic E-state index is 0.0356. The molecule has 1 aromatic heterocycles. The van der Waals surface area contributed by atoms with Gasteiger partial charge in [-0.05, 0) is 30.9 Å². The van der Waals surface area contributed by atoms with Crippen LogP contribution in [-0.4, -0.2) is 36.2 Å². The lowest BCUT2D eigenvalue weighted by Crippen LogP contribution is -2.42. The molecule has 7 heteroatoms. The Labute approximate surface area is 142 Å². The SMILES string of the molecule is C[C@@H]1CCCC[C@@H]1NC(=O)Cn1c(S(C)(=O)=O)nc2ccccc21. The third kappa shape index (κ3) is 3.45. The lowest BCUT2D eigenvalue weighted by Gasteiger charge is -2.29. The summed E-state index contributed by atoms with van der Waals surface area (Å²) in [6, 6.07) is 7.32. The molecule has 1 amide bonds. The first-order valence-corrected chi connectivity index (χ1v) is 10.2. The van der Waals surface area contributed by atoms with E-state index in [4.69, 9.17) is 0 Å². The molecule has 1 heterocycles. The van der Waals surface area contributed by atoms with Crippen molar-refractivity contribution in [3.05, 3.63) is 24.3 Å². The van der Waals surface area contributed by atoms with Crippen molar-refractivity contribution < 1.29 is 13.2 Å². The van der Waals surface area contributed by atoms with Gasteiger partial charge in [-0.15, -0.1) is 0 Å². The highest BCUT2D eigenvalue weighted by molar-refractivity contribution is 7.90. The fourth-order valence-corrected chi connectivity index (χ4v) is 4.24. The van der Waals surface area contributed by atoms with Gasteiger partial charge >= 0.3 is 0 Å². The van der Waals surface area contributed by atoms with E-state index in [0.717, 1.165) is 25.5 Å². The Bertz CT molecular complexity index is 857. The number of rotatable bonds is 4. The van der Waals surface area contributed by atoms with Crippen molar-refractivity contribution in [2.45, 2.75) is 50.4 Å². The van der Waals surface area contributed by atoms with Crippen LogP contribution in [0.1, 0.15) is 32.6 Å². The van der Waals surface area contributed by atoms with Gasteiger partial charge < -0.3 is 9.88 Å². The van der Waals surface area contributed by atoms with Gasteiger partial charge in [-0.3, -0.25) is 4.79 Å². The molecule has 0 spiro atoms. The van der Waals surface area contributed by atoms with Crippen LogP contribution in [0, 0.1) is 5.92 Å². The molecule has 1 N–H and O–H groups in total. The number of imidazole rings is 1. The highest BCUT2D eigenvalue weighted by Crippen LogP contribution is 2.24. The molecule has 0 saturated heterocycles. The number of para-hydroxylation sites is 2. The number of aromatic nitrogens is 2. The summed E-state index contributed by atoms with van der Waals surface area (Å²) in [5.41, 5.74) is 1.24. The molecule has 24 heavy (non-hydrogen) atoms. The first kappa shape index (κ1) is 17.0. The predicted octanol–water partition coefficient (Wildman–Crippen LogP) is 2.13. The second kappa shape index (κ2) is 6.55. The van der Waals surface area contributed by atoms with E-state index >= 15 is 0 Å². The van der Waals surface area contributed by atoms with Crippen molar-refractivity contribution in [1.82, 2.24) is 14.9 Å². The molecule has 130 valence electrons. The Morgan fingerprint density at radius 1 is 1.29 bits per heavy atom. The maximum absolute atomic E-state index is 12.5. The maximum atomic E-state index is 12.5. The third-order valence-corrected chi connectivity index (χ3v) is 5.69. The first-order chi connectivity index (χ1) is 11.4. The minimum atomic E-state index is -3.51. The van der Waals surface area contributed by atoms with E-state index in [0.29, 0.717) is 17.0 Å². The number of hydrogen-bond acceptors (Lipinski definition) is 4. The number of amides is 1. The Hall–Kier alpha value is -1.89. The maximum Gasteiger partial charge on any atom is 0.240 e. The van der Waals surface area contributed by atoms with Crippen LogP contribution in [0.15, 0.2) is 29.4 Å². The van der Waals surface area contributed by atoms with E-state index in [1.165, 1.54) is 11.0 Å². The fraction of sp³-hybridized carbons (Fsp3) is 0.529. The quantitative estimate of drug-likeness (QED) is 0.917. The second-order valence-corrected chi connectivity index (χ2v) is 8.59. The van der Waals surface area contributed by atoms with Crippen molar-refractivity contribution in [1.29, 1.82) is 0 Å². The smallest absolute Gasteiger partial charge is 0.240 e. The molecular formula is C17H23N3O3S. The molecule has 1 aliphatic carbocycles. The summed E-state index contributed by atoms with van der Waals surface area (Å²) in [7, 11) is -3.51. The van der Waals surface area contributed by atoms with Crippen LogP contribution in [0.2, 0.25) is 0 Å². The normalized spacial score (nSPS) is 21.8. The Morgan fingerprint density at radius 2 is 2.00 bits per heavy atom. The Kier molecular flexibility index (Phi) is 4.62. The molecule has 1 saturated carbocycles. The van der Waals surface area contributed by atoms with Crippen molar-refractivity contribution in [3.63, 3.8) is 0 Å². The van der Waals surface area contributed by atoms with Crippen LogP contribution in [0.25, 0.3) is 11.0 Å². The number of carbonyl (C=O) groups is 1. The number of carbonyl (C=O) groups excluding carboxylic acids is 1. The number of nitrogens with one attached hydrogen (secondary N) is 1. The fourth-order valence-electron chi connectivity index (χ4n) is 3.42. The van der Waals surface area contributed by atoms with Crippen LogP contribution in [0.5, 0.6) is 0 Å². The standard InChI is InChI=1S/C17H23N3O3S/c1-12-7-3-4-8-13(12)18-16(21)11-20-15-10-6-5-9-14(15)19-17(20)24(2,22)23/h5-6,9-10,12-13H,3-4,7-8,11H2,1-2H3,(H,18,21)/t12-,13+/m1/s1. The molecule has 3 rings (SSSR count). The van der Waals surface area contributed by atoms with Gasteiger partial charge in [-0.2, -0.15) is 0 Å². The zero-order chi connectivity index (χ0) is 17.3. The van der Waals surface area contributed by atoms with Gasteiger partial charge in [0.2, 0.25) is 20.9 Å². The van der Waals surface area contributed by atoms with Gasteiger partial charge in [0.05, 0.1) is 11.0 Å². The lowest BCUT2D eigenvalue weighted by molar-refractivity contribution is -0.123. The Morgan fingerprint density at radius 3 is 2.71 bits per heavy atom. The first-order valence-electron chi connectivity index (χ1n) is 8.31. The highest BCUT2D eigenvalue weighted by Gasteiger charge is 2.25. The summed E-state index contributed by atoms with van der Waals surface area (Å²) in [6.07, 6.45) is 5.55. The van der Waals surface area contributed by atoms with Crippen LogP contribution in [0.4, 0.5) is 0 Å². The van der Waals surface area contributed by atoms with Crippen LogP contribution < -0.4 is 5.32 Å². The lowest BCUT2D eigenvalue weighted by atomic mass is 9.86. The summed E-state index contributed by atoms with van der Waals surface area (Å²) in [5, 5.41) is 3.01. The van der Waals surface area contributed by atoms with Crippen molar-refractivity contribution in [3.8, 4) is 0 Å². The Balaban J connectivity index is 1.87. The van der Waals surface area contributed by atoms with E-state index in [1.54, 1.807) is 18.2 Å². The average molecular weight is 349 g/mol. The van der Waals surface area contributed by atoms with Crippen LogP contribution in [-0.2, 0) is 21.2 Å². The molecule has 1 aliphatic rings. The molecule has 1 fully saturated rings. The summed E-state index contributed by atoms with van der Waals surface area (Å²) in [6.45, 7) is 2.12. The number of nitrogens with zero attached hydrogens (tertiary/aromatic N) is 2. The summed E-state index contributed by atoms with van der Waals surface area (Å²) < 4.78 is 25.6. The molecule has 0 unspecified atom stereocenters. The van der Waals surface area contributed by atoms with E-state index in [1.807, 2.05) is 6.07 Å². The molecule has 6 nitrogen and oxygen atoms in total. The topological polar surface area (TPSA) is 81.1 Å². The second-order valence-electron chi connectivity index (χ2n) is 6.68. The van der Waals surface area contributed by atoms with E-state index in [2.05, 4.69) is 17.2 Å². The summed E-state index contributed by atoms with van der Waals surface area (Å²) in [4.78, 5) is 16.7. The molecule has 0 bridgehead atoms. The molecule has 2 atom stereocenters. The van der Waals surface area contributed by atoms with Crippen LogP contribution >= 0.6 is 0 Å². The largest absolute Gasteiger partial charge is 0.352 e. The molecule has 2 aromatic rings. The van der Waals surface area contributed by atoms with E-state index < -0.39 is 9.84 Å². The minimum Gasteiger partial charge on any atom is -0.352 e. The van der Waals surface area contributed by atoms with Gasteiger partial charge in [-0.25, -0.2) is 13.4 Å². The molecular weight excluding hydrogens is 326 g/mol. The number of benzene rings is 1. The number of hydrogen-bond donors (Lipinski definition) is 1. The van der Waals surface area contributed by atoms with Crippen LogP contribution in [0.3, 0.4) is 0 Å². The van der Waals surface area contributed by atoms with E-state index in [9.17, 15) is 13.2 Å². The third-order valence-electron chi connectivity index (χ3n) is 4.71. The molecule has 0 aliphatic heterocycles. The number of fused-ring (bicyclic) bond motifs is 1. The summed E-state index contributed by atoms with van der Waals surface area (Å²) in [5.74, 6) is 0.290. The summed E-state index contributed by atoms with van der Waals surface area (Å²) >= 11 is 0. The van der Waals surface area contributed by atoms with Crippen molar-refractivity contribution in [2.75, 3.05) is 6.26 Å². The zero-order valence-electron chi connectivity index (χ0n) is 14.0. The molecule has 1 aromatic carbocycles. The van der Waals surface area contributed by atoms with Gasteiger partial charge in [0.15, 0.2) is 0 Å². The highest BCUT2D eigenvalue weighted by atomic mass is 32.2. The number of sulfone groups is 1. The predicted molar refractivity (Wildman–Crippen MR) is 92.4 cm³/mol. The van der Waals surface area contributed by atoms with Gasteiger partial charge in [0.1, 0.15) is 6.54 Å². The van der Waals surface area contributed by atoms with Gasteiger partial charge in [0, 0.05) is 12.3 Å².